The van der Waals surface area contributed by atoms with Crippen LogP contribution in [-0.4, -0.2) is 30.9 Å². The zero-order valence-corrected chi connectivity index (χ0v) is 17.7. The van der Waals surface area contributed by atoms with Crippen LogP contribution >= 0.6 is 0 Å². The van der Waals surface area contributed by atoms with Gasteiger partial charge in [0.2, 0.25) is 5.91 Å². The third-order valence-electron chi connectivity index (χ3n) is 6.05. The summed E-state index contributed by atoms with van der Waals surface area (Å²) in [4.78, 5) is 27.7. The quantitative estimate of drug-likeness (QED) is 0.718. The van der Waals surface area contributed by atoms with Crippen molar-refractivity contribution in [2.75, 3.05) is 23.3 Å². The third-order valence-corrected chi connectivity index (χ3v) is 6.05. The molecule has 2 aliphatic rings. The summed E-state index contributed by atoms with van der Waals surface area (Å²) < 4.78 is 0. The monoisotopic (exact) mass is 405 g/mol. The molecule has 1 aliphatic carbocycles. The number of amides is 2. The molecule has 0 atom stereocenters. The first-order valence-electron chi connectivity index (χ1n) is 11.1. The summed E-state index contributed by atoms with van der Waals surface area (Å²) in [5.74, 6) is 0.659. The van der Waals surface area contributed by atoms with Crippen molar-refractivity contribution >= 4 is 23.2 Å². The lowest BCUT2D eigenvalue weighted by Gasteiger charge is -2.33. The molecule has 1 saturated heterocycles. The molecular weight excluding hydrogens is 374 g/mol. The predicted molar refractivity (Wildman–Crippen MR) is 121 cm³/mol. The number of rotatable bonds is 7. The molecule has 2 fully saturated rings. The molecule has 0 radical (unpaired) electrons. The number of carbonyl (C=O) groups excluding carboxylic acids is 2. The summed E-state index contributed by atoms with van der Waals surface area (Å²) in [5.41, 5.74) is 3.47. The molecule has 4 rings (SSSR count). The van der Waals surface area contributed by atoms with Crippen molar-refractivity contribution in [2.45, 2.75) is 51.5 Å². The van der Waals surface area contributed by atoms with E-state index in [1.54, 1.807) is 0 Å². The van der Waals surface area contributed by atoms with Gasteiger partial charge in [-0.05, 0) is 61.8 Å². The van der Waals surface area contributed by atoms with Crippen LogP contribution in [0.1, 0.15) is 54.9 Å². The van der Waals surface area contributed by atoms with E-state index in [2.05, 4.69) is 22.5 Å². The van der Waals surface area contributed by atoms with E-state index in [4.69, 9.17) is 0 Å². The highest BCUT2D eigenvalue weighted by molar-refractivity contribution is 6.02. The number of hydrogen-bond donors (Lipinski definition) is 2. The molecule has 2 aromatic carbocycles. The Morgan fingerprint density at radius 2 is 1.73 bits per heavy atom. The second-order valence-corrected chi connectivity index (χ2v) is 8.68. The number of piperidine rings is 1. The molecule has 0 bridgehead atoms. The molecule has 5 heteroatoms. The van der Waals surface area contributed by atoms with Gasteiger partial charge in [-0.1, -0.05) is 37.3 Å². The van der Waals surface area contributed by atoms with Gasteiger partial charge < -0.3 is 15.5 Å². The van der Waals surface area contributed by atoms with E-state index in [-0.39, 0.29) is 11.8 Å². The fourth-order valence-corrected chi connectivity index (χ4v) is 3.94. The molecule has 2 amide bonds. The van der Waals surface area contributed by atoms with E-state index < -0.39 is 0 Å². The summed E-state index contributed by atoms with van der Waals surface area (Å²) in [6.45, 7) is 4.22. The summed E-state index contributed by atoms with van der Waals surface area (Å²) in [6, 6.07) is 16.1. The maximum absolute atomic E-state index is 12.9. The van der Waals surface area contributed by atoms with Crippen LogP contribution in [0.3, 0.4) is 0 Å². The zero-order chi connectivity index (χ0) is 20.9. The van der Waals surface area contributed by atoms with Crippen molar-refractivity contribution < 1.29 is 9.59 Å². The number of carbonyl (C=O) groups is 2. The Hall–Kier alpha value is -2.82. The summed E-state index contributed by atoms with van der Waals surface area (Å²) in [6.07, 6.45) is 5.50. The topological polar surface area (TPSA) is 61.4 Å². The molecule has 30 heavy (non-hydrogen) atoms. The van der Waals surface area contributed by atoms with Crippen LogP contribution in [-0.2, 0) is 11.2 Å². The Balaban J connectivity index is 1.46. The van der Waals surface area contributed by atoms with Crippen LogP contribution in [0.5, 0.6) is 0 Å². The lowest BCUT2D eigenvalue weighted by molar-refractivity contribution is -0.116. The van der Waals surface area contributed by atoms with Crippen LogP contribution in [0.15, 0.2) is 48.5 Å². The third kappa shape index (κ3) is 5.41. The van der Waals surface area contributed by atoms with E-state index in [0.717, 1.165) is 55.9 Å². The zero-order valence-electron chi connectivity index (χ0n) is 17.7. The Morgan fingerprint density at radius 3 is 2.43 bits per heavy atom. The van der Waals surface area contributed by atoms with Gasteiger partial charge in [0.15, 0.2) is 0 Å². The number of nitrogens with zero attached hydrogens (tertiary/aromatic N) is 1. The van der Waals surface area contributed by atoms with Crippen molar-refractivity contribution in [3.63, 3.8) is 0 Å². The SMILES string of the molecule is CC1CCN(c2ccc(NC(=O)CCc3ccccc3)cc2C(=O)NC2CC2)CC1. The highest BCUT2D eigenvalue weighted by Crippen LogP contribution is 2.30. The molecular formula is C25H31N3O2. The largest absolute Gasteiger partial charge is 0.371 e. The van der Waals surface area contributed by atoms with Crippen molar-refractivity contribution in [1.82, 2.24) is 5.32 Å². The summed E-state index contributed by atoms with van der Waals surface area (Å²) in [7, 11) is 0. The minimum absolute atomic E-state index is 0.0352. The molecule has 5 nitrogen and oxygen atoms in total. The Kier molecular flexibility index (Phi) is 6.36. The summed E-state index contributed by atoms with van der Waals surface area (Å²) >= 11 is 0. The van der Waals surface area contributed by atoms with Gasteiger partial charge in [0, 0.05) is 36.9 Å². The van der Waals surface area contributed by atoms with Crippen LogP contribution in [0.4, 0.5) is 11.4 Å². The van der Waals surface area contributed by atoms with Crippen LogP contribution in [0.2, 0.25) is 0 Å². The minimum Gasteiger partial charge on any atom is -0.371 e. The van der Waals surface area contributed by atoms with Crippen LogP contribution < -0.4 is 15.5 Å². The standard InChI is InChI=1S/C25H31N3O2/c1-18-13-15-28(16-14-18)23-11-10-21(17-22(23)25(30)27-20-8-9-20)26-24(29)12-7-19-5-3-2-4-6-19/h2-6,10-11,17-18,20H,7-9,12-16H2,1H3,(H,26,29)(H,27,30). The lowest BCUT2D eigenvalue weighted by Crippen LogP contribution is -2.35. The minimum atomic E-state index is -0.0356. The Morgan fingerprint density at radius 1 is 1.00 bits per heavy atom. The van der Waals surface area contributed by atoms with Gasteiger partial charge in [-0.25, -0.2) is 0 Å². The van der Waals surface area contributed by atoms with Crippen molar-refractivity contribution in [1.29, 1.82) is 0 Å². The van der Waals surface area contributed by atoms with Gasteiger partial charge >= 0.3 is 0 Å². The van der Waals surface area contributed by atoms with E-state index in [1.807, 2.05) is 48.5 Å². The first kappa shape index (κ1) is 20.5. The van der Waals surface area contributed by atoms with Gasteiger partial charge in [0.05, 0.1) is 5.56 Å². The average Bonchev–Trinajstić information content (AvgIpc) is 3.58. The van der Waals surface area contributed by atoms with Crippen LogP contribution in [0.25, 0.3) is 0 Å². The number of aryl methyl sites for hydroxylation is 1. The second kappa shape index (κ2) is 9.33. The number of benzene rings is 2. The van der Waals surface area contributed by atoms with Gasteiger partial charge in [-0.2, -0.15) is 0 Å². The first-order valence-corrected chi connectivity index (χ1v) is 11.1. The predicted octanol–water partition coefficient (Wildman–Crippen LogP) is 4.39. The van der Waals surface area contributed by atoms with Crippen molar-refractivity contribution in [2.24, 2.45) is 5.92 Å². The highest BCUT2D eigenvalue weighted by atomic mass is 16.2. The number of nitrogens with one attached hydrogen (secondary N) is 2. The van der Waals surface area contributed by atoms with E-state index in [9.17, 15) is 9.59 Å². The molecule has 2 N–H and O–H groups in total. The molecule has 2 aromatic rings. The van der Waals surface area contributed by atoms with Crippen molar-refractivity contribution in [3.8, 4) is 0 Å². The van der Waals surface area contributed by atoms with E-state index in [0.29, 0.717) is 30.1 Å². The van der Waals surface area contributed by atoms with E-state index in [1.165, 1.54) is 0 Å². The summed E-state index contributed by atoms with van der Waals surface area (Å²) in [5, 5.41) is 6.08. The molecule has 0 unspecified atom stereocenters. The first-order chi connectivity index (χ1) is 14.6. The van der Waals surface area contributed by atoms with E-state index >= 15 is 0 Å². The second-order valence-electron chi connectivity index (χ2n) is 8.68. The van der Waals surface area contributed by atoms with Crippen molar-refractivity contribution in [3.05, 3.63) is 59.7 Å². The molecule has 1 aliphatic heterocycles. The number of anilines is 2. The van der Waals surface area contributed by atoms with Crippen LogP contribution in [0, 0.1) is 5.92 Å². The molecule has 158 valence electrons. The molecule has 1 saturated carbocycles. The van der Waals surface area contributed by atoms with Gasteiger partial charge in [-0.15, -0.1) is 0 Å². The molecule has 0 spiro atoms. The van der Waals surface area contributed by atoms with Gasteiger partial charge in [0.25, 0.3) is 5.91 Å². The van der Waals surface area contributed by atoms with Gasteiger partial charge in [-0.3, -0.25) is 9.59 Å². The Labute approximate surface area is 178 Å². The maximum Gasteiger partial charge on any atom is 0.253 e. The molecule has 1 heterocycles. The maximum atomic E-state index is 12.9. The highest BCUT2D eigenvalue weighted by Gasteiger charge is 2.27. The normalized spacial score (nSPS) is 16.9. The average molecular weight is 406 g/mol. The smallest absolute Gasteiger partial charge is 0.253 e. The fourth-order valence-electron chi connectivity index (χ4n) is 3.94. The Bertz CT molecular complexity index is 885. The number of hydrogen-bond acceptors (Lipinski definition) is 3. The lowest BCUT2D eigenvalue weighted by atomic mass is 9.97. The molecule has 0 aromatic heterocycles. The van der Waals surface area contributed by atoms with Gasteiger partial charge in [0.1, 0.15) is 0 Å². The fraction of sp³-hybridized carbons (Fsp3) is 0.440.